The van der Waals surface area contributed by atoms with Gasteiger partial charge in [-0.25, -0.2) is 9.37 Å². The van der Waals surface area contributed by atoms with Crippen molar-refractivity contribution in [2.45, 2.75) is 26.3 Å². The van der Waals surface area contributed by atoms with Gasteiger partial charge in [0, 0.05) is 17.2 Å². The first kappa shape index (κ1) is 16.8. The summed E-state index contributed by atoms with van der Waals surface area (Å²) < 4.78 is 22.0. The summed E-state index contributed by atoms with van der Waals surface area (Å²) in [5.74, 6) is 1.45. The molecule has 0 spiro atoms. The number of imidazole rings is 1. The molecule has 2 heterocycles. The summed E-state index contributed by atoms with van der Waals surface area (Å²) >= 11 is 1.62. The van der Waals surface area contributed by atoms with Crippen LogP contribution < -0.4 is 10.1 Å². The van der Waals surface area contributed by atoms with Crippen LogP contribution in [0.15, 0.2) is 42.5 Å². The lowest BCUT2D eigenvalue weighted by Crippen LogP contribution is -2.27. The minimum atomic E-state index is -0.254. The molecule has 0 amide bonds. The van der Waals surface area contributed by atoms with Gasteiger partial charge in [0.1, 0.15) is 23.1 Å². The Labute approximate surface area is 155 Å². The zero-order valence-electron chi connectivity index (χ0n) is 15.1. The summed E-state index contributed by atoms with van der Waals surface area (Å²) in [6.07, 6.45) is 0. The number of hydrogen-bond donors (Lipinski definition) is 1. The first-order valence-corrected chi connectivity index (χ1v) is 9.20. The van der Waals surface area contributed by atoms with Crippen LogP contribution >= 0.6 is 11.3 Å². The average Bonchev–Trinajstić information content (AvgIpc) is 3.10. The second-order valence-corrected chi connectivity index (χ2v) is 8.25. The molecule has 0 atom stereocenters. The highest BCUT2D eigenvalue weighted by Gasteiger charge is 2.22. The highest BCUT2D eigenvalue weighted by molar-refractivity contribution is 7.23. The number of ether oxygens (including phenoxy) is 1. The molecular weight excluding hydrogens is 349 g/mol. The van der Waals surface area contributed by atoms with E-state index in [0.29, 0.717) is 0 Å². The van der Waals surface area contributed by atoms with Crippen LogP contribution in [-0.2, 0) is 0 Å². The summed E-state index contributed by atoms with van der Waals surface area (Å²) in [6.45, 7) is 6.32. The Bertz CT molecular complexity index is 1090. The van der Waals surface area contributed by atoms with Gasteiger partial charge in [-0.15, -0.1) is 0 Å². The van der Waals surface area contributed by atoms with Crippen LogP contribution in [0, 0.1) is 5.82 Å². The van der Waals surface area contributed by atoms with Gasteiger partial charge >= 0.3 is 0 Å². The maximum absolute atomic E-state index is 13.4. The molecule has 2 aromatic carbocycles. The predicted molar refractivity (Wildman–Crippen MR) is 106 cm³/mol. The second-order valence-electron chi connectivity index (χ2n) is 7.24. The third-order valence-electron chi connectivity index (χ3n) is 4.07. The number of anilines is 1. The van der Waals surface area contributed by atoms with E-state index in [0.717, 1.165) is 38.0 Å². The topological polar surface area (TPSA) is 38.6 Å². The van der Waals surface area contributed by atoms with E-state index in [1.165, 1.54) is 12.1 Å². The number of hydrogen-bond acceptors (Lipinski definition) is 4. The Morgan fingerprint density at radius 2 is 1.85 bits per heavy atom. The molecule has 4 nitrogen and oxygen atoms in total. The van der Waals surface area contributed by atoms with Gasteiger partial charge in [0.2, 0.25) is 0 Å². The average molecular weight is 369 g/mol. The molecule has 134 valence electrons. The molecule has 26 heavy (non-hydrogen) atoms. The van der Waals surface area contributed by atoms with Gasteiger partial charge in [0.25, 0.3) is 0 Å². The minimum absolute atomic E-state index is 0.155. The standard InChI is InChI=1S/C20H20FN3OS/c1-20(2,3)23-18-17(12-5-7-13(21)8-6-12)22-19-24(18)15-11-14(25-4)9-10-16(15)26-19/h5-11,23H,1-4H3. The van der Waals surface area contributed by atoms with Crippen molar-refractivity contribution >= 4 is 32.3 Å². The number of nitrogens with one attached hydrogen (secondary N) is 1. The Kier molecular flexibility index (Phi) is 3.88. The van der Waals surface area contributed by atoms with Crippen LogP contribution in [0.4, 0.5) is 10.2 Å². The largest absolute Gasteiger partial charge is 0.497 e. The first-order valence-electron chi connectivity index (χ1n) is 8.39. The quantitative estimate of drug-likeness (QED) is 0.513. The van der Waals surface area contributed by atoms with E-state index in [2.05, 4.69) is 30.5 Å². The molecule has 0 aliphatic heterocycles. The van der Waals surface area contributed by atoms with Crippen LogP contribution in [0.3, 0.4) is 0 Å². The van der Waals surface area contributed by atoms with E-state index in [1.54, 1.807) is 30.6 Å². The first-order chi connectivity index (χ1) is 12.4. The Morgan fingerprint density at radius 3 is 2.50 bits per heavy atom. The van der Waals surface area contributed by atoms with E-state index >= 15 is 0 Å². The lowest BCUT2D eigenvalue weighted by atomic mass is 10.1. The van der Waals surface area contributed by atoms with E-state index < -0.39 is 0 Å². The third kappa shape index (κ3) is 2.90. The fourth-order valence-electron chi connectivity index (χ4n) is 2.95. The molecule has 0 bridgehead atoms. The number of thiazole rings is 1. The van der Waals surface area contributed by atoms with Crippen molar-refractivity contribution in [3.63, 3.8) is 0 Å². The number of nitrogens with zero attached hydrogens (tertiary/aromatic N) is 2. The third-order valence-corrected chi connectivity index (χ3v) is 5.09. The van der Waals surface area contributed by atoms with Gasteiger partial charge in [0.05, 0.1) is 17.3 Å². The number of benzene rings is 2. The van der Waals surface area contributed by atoms with Gasteiger partial charge in [0.15, 0.2) is 4.96 Å². The number of fused-ring (bicyclic) bond motifs is 3. The monoisotopic (exact) mass is 369 g/mol. The molecule has 0 fully saturated rings. The van der Waals surface area contributed by atoms with Crippen molar-refractivity contribution in [3.05, 3.63) is 48.3 Å². The maximum atomic E-state index is 13.4. The molecule has 4 rings (SSSR count). The van der Waals surface area contributed by atoms with Crippen LogP contribution in [-0.4, -0.2) is 22.0 Å². The number of rotatable bonds is 3. The summed E-state index contributed by atoms with van der Waals surface area (Å²) in [6, 6.07) is 12.5. The molecule has 0 unspecified atom stereocenters. The summed E-state index contributed by atoms with van der Waals surface area (Å²) in [4.78, 5) is 5.73. The molecule has 0 aliphatic rings. The molecule has 2 aromatic heterocycles. The highest BCUT2D eigenvalue weighted by Crippen LogP contribution is 2.38. The molecular formula is C20H20FN3OS. The van der Waals surface area contributed by atoms with Gasteiger partial charge < -0.3 is 10.1 Å². The van der Waals surface area contributed by atoms with Crippen molar-refractivity contribution in [1.29, 1.82) is 0 Å². The van der Waals surface area contributed by atoms with Crippen LogP contribution in [0.2, 0.25) is 0 Å². The van der Waals surface area contributed by atoms with Crippen molar-refractivity contribution in [2.75, 3.05) is 12.4 Å². The lowest BCUT2D eigenvalue weighted by molar-refractivity contribution is 0.415. The predicted octanol–water partition coefficient (Wildman–Crippen LogP) is 5.57. The van der Waals surface area contributed by atoms with Gasteiger partial charge in [-0.3, -0.25) is 4.40 Å². The van der Waals surface area contributed by atoms with E-state index in [-0.39, 0.29) is 11.4 Å². The fraction of sp³-hybridized carbons (Fsp3) is 0.250. The molecule has 4 aromatic rings. The van der Waals surface area contributed by atoms with Crippen LogP contribution in [0.5, 0.6) is 5.75 Å². The maximum Gasteiger partial charge on any atom is 0.197 e. The fourth-order valence-corrected chi connectivity index (χ4v) is 3.96. The molecule has 0 saturated heterocycles. The number of methoxy groups -OCH3 is 1. The van der Waals surface area contributed by atoms with E-state index in [4.69, 9.17) is 9.72 Å². The highest BCUT2D eigenvalue weighted by atomic mass is 32.1. The molecule has 6 heteroatoms. The summed E-state index contributed by atoms with van der Waals surface area (Å²) in [5.41, 5.74) is 2.58. The van der Waals surface area contributed by atoms with Gasteiger partial charge in [-0.2, -0.15) is 0 Å². The van der Waals surface area contributed by atoms with Crippen molar-refractivity contribution < 1.29 is 9.13 Å². The van der Waals surface area contributed by atoms with Crippen LogP contribution in [0.25, 0.3) is 26.4 Å². The minimum Gasteiger partial charge on any atom is -0.497 e. The zero-order valence-corrected chi connectivity index (χ0v) is 15.9. The van der Waals surface area contributed by atoms with Crippen molar-refractivity contribution in [1.82, 2.24) is 9.38 Å². The smallest absolute Gasteiger partial charge is 0.197 e. The molecule has 1 N–H and O–H groups in total. The number of aromatic nitrogens is 2. The molecule has 0 aliphatic carbocycles. The molecule has 0 radical (unpaired) electrons. The van der Waals surface area contributed by atoms with E-state index in [9.17, 15) is 4.39 Å². The van der Waals surface area contributed by atoms with Crippen molar-refractivity contribution in [3.8, 4) is 17.0 Å². The molecule has 0 saturated carbocycles. The number of halogens is 1. The van der Waals surface area contributed by atoms with E-state index in [1.807, 2.05) is 18.2 Å². The summed E-state index contributed by atoms with van der Waals surface area (Å²) in [7, 11) is 1.66. The van der Waals surface area contributed by atoms with Crippen LogP contribution in [0.1, 0.15) is 20.8 Å². The van der Waals surface area contributed by atoms with Gasteiger partial charge in [-0.05, 0) is 57.2 Å². The lowest BCUT2D eigenvalue weighted by Gasteiger charge is -2.22. The zero-order chi connectivity index (χ0) is 18.5. The summed E-state index contributed by atoms with van der Waals surface area (Å²) in [5, 5.41) is 3.57. The van der Waals surface area contributed by atoms with Crippen molar-refractivity contribution in [2.24, 2.45) is 0 Å². The second kappa shape index (κ2) is 5.99. The normalized spacial score (nSPS) is 12.0. The van der Waals surface area contributed by atoms with Gasteiger partial charge in [-0.1, -0.05) is 11.3 Å². The Morgan fingerprint density at radius 1 is 1.12 bits per heavy atom. The Balaban J connectivity index is 2.02. The Hall–Kier alpha value is -2.60. The SMILES string of the molecule is COc1ccc2sc3nc(-c4ccc(F)cc4)c(NC(C)(C)C)n3c2c1.